The van der Waals surface area contributed by atoms with Gasteiger partial charge in [0.2, 0.25) is 0 Å². The molecule has 1 atom stereocenters. The van der Waals surface area contributed by atoms with Gasteiger partial charge in [0.1, 0.15) is 0 Å². The maximum Gasteiger partial charge on any atom is 0.0649 e. The highest BCUT2D eigenvalue weighted by atomic mass is 16.3. The Bertz CT molecular complexity index is 130. The molecule has 0 amide bonds. The highest BCUT2D eigenvalue weighted by Gasteiger charge is 1.98. The van der Waals surface area contributed by atoms with Crippen LogP contribution in [-0.2, 0) is 0 Å². The average molecular weight is 154 g/mol. The molecule has 1 heteroatoms. The van der Waals surface area contributed by atoms with Crippen LogP contribution in [0.15, 0.2) is 0 Å². The topological polar surface area (TPSA) is 20.2 Å². The summed E-state index contributed by atoms with van der Waals surface area (Å²) in [4.78, 5) is 0. The van der Waals surface area contributed by atoms with Gasteiger partial charge in [0.05, 0.1) is 6.10 Å². The summed E-state index contributed by atoms with van der Waals surface area (Å²) in [5.41, 5.74) is 0. The first-order valence-electron chi connectivity index (χ1n) is 4.45. The molecule has 0 heterocycles. The molecule has 0 aromatic rings. The maximum atomic E-state index is 9.30. The monoisotopic (exact) mass is 154 g/mol. The van der Waals surface area contributed by atoms with Crippen molar-refractivity contribution in [3.63, 3.8) is 0 Å². The quantitative estimate of drug-likeness (QED) is 0.616. The van der Waals surface area contributed by atoms with Crippen molar-refractivity contribution >= 4 is 0 Å². The van der Waals surface area contributed by atoms with Gasteiger partial charge in [-0.2, -0.15) is 0 Å². The van der Waals surface area contributed by atoms with Crippen LogP contribution in [0.3, 0.4) is 0 Å². The Morgan fingerprint density at radius 1 is 1.27 bits per heavy atom. The molecule has 0 fully saturated rings. The normalized spacial score (nSPS) is 11.9. The standard InChI is InChI=1S/C10H18O/c1-3-5-7-9-10(11)8-6-4-2/h10-11H,3-4,6,8-9H2,1-2H3. The predicted molar refractivity (Wildman–Crippen MR) is 48.2 cm³/mol. The average Bonchev–Trinajstić information content (AvgIpc) is 2.01. The Hall–Kier alpha value is -0.480. The minimum atomic E-state index is -0.200. The van der Waals surface area contributed by atoms with Crippen LogP contribution >= 0.6 is 0 Å². The highest BCUT2D eigenvalue weighted by Crippen LogP contribution is 2.02. The molecule has 0 saturated carbocycles. The second-order valence-electron chi connectivity index (χ2n) is 2.71. The summed E-state index contributed by atoms with van der Waals surface area (Å²) in [5, 5.41) is 9.30. The number of aliphatic hydroxyl groups is 1. The fourth-order valence-corrected chi connectivity index (χ4v) is 0.857. The molecule has 0 aromatic heterocycles. The number of aliphatic hydroxyl groups excluding tert-OH is 1. The molecule has 1 unspecified atom stereocenters. The third-order valence-corrected chi connectivity index (χ3v) is 1.53. The van der Waals surface area contributed by atoms with Crippen molar-refractivity contribution in [2.75, 3.05) is 0 Å². The molecule has 0 aliphatic heterocycles. The SMILES string of the molecule is CCC#CCC(O)CCCC. The van der Waals surface area contributed by atoms with Crippen LogP contribution in [0.25, 0.3) is 0 Å². The van der Waals surface area contributed by atoms with Crippen LogP contribution < -0.4 is 0 Å². The van der Waals surface area contributed by atoms with Crippen LogP contribution in [0.4, 0.5) is 0 Å². The fraction of sp³-hybridized carbons (Fsp3) is 0.800. The summed E-state index contributed by atoms with van der Waals surface area (Å²) < 4.78 is 0. The first-order chi connectivity index (χ1) is 5.31. The summed E-state index contributed by atoms with van der Waals surface area (Å²) in [5.74, 6) is 5.89. The summed E-state index contributed by atoms with van der Waals surface area (Å²) in [6.45, 7) is 4.15. The van der Waals surface area contributed by atoms with E-state index in [9.17, 15) is 5.11 Å². The third-order valence-electron chi connectivity index (χ3n) is 1.53. The molecular formula is C10H18O. The lowest BCUT2D eigenvalue weighted by molar-refractivity contribution is 0.167. The number of hydrogen-bond acceptors (Lipinski definition) is 1. The predicted octanol–water partition coefficient (Wildman–Crippen LogP) is 2.34. The van der Waals surface area contributed by atoms with Crippen molar-refractivity contribution in [2.45, 2.75) is 52.1 Å². The van der Waals surface area contributed by atoms with Crippen molar-refractivity contribution in [1.82, 2.24) is 0 Å². The first kappa shape index (κ1) is 10.5. The van der Waals surface area contributed by atoms with Gasteiger partial charge in [0.15, 0.2) is 0 Å². The minimum absolute atomic E-state index is 0.200. The van der Waals surface area contributed by atoms with E-state index < -0.39 is 0 Å². The Morgan fingerprint density at radius 3 is 2.55 bits per heavy atom. The zero-order chi connectivity index (χ0) is 8.53. The van der Waals surface area contributed by atoms with Gasteiger partial charge in [-0.3, -0.25) is 0 Å². The summed E-state index contributed by atoms with van der Waals surface area (Å²) >= 11 is 0. The van der Waals surface area contributed by atoms with Crippen LogP contribution in [-0.4, -0.2) is 11.2 Å². The van der Waals surface area contributed by atoms with E-state index in [0.717, 1.165) is 25.7 Å². The van der Waals surface area contributed by atoms with E-state index in [-0.39, 0.29) is 6.10 Å². The molecule has 0 aromatic carbocycles. The first-order valence-corrected chi connectivity index (χ1v) is 4.45. The Labute approximate surface area is 69.8 Å². The Kier molecular flexibility index (Phi) is 7.29. The van der Waals surface area contributed by atoms with E-state index in [4.69, 9.17) is 0 Å². The van der Waals surface area contributed by atoms with Crippen LogP contribution in [0, 0.1) is 11.8 Å². The summed E-state index contributed by atoms with van der Waals surface area (Å²) in [6.07, 6.45) is 4.49. The summed E-state index contributed by atoms with van der Waals surface area (Å²) in [7, 11) is 0. The minimum Gasteiger partial charge on any atom is -0.392 e. The molecule has 0 radical (unpaired) electrons. The van der Waals surface area contributed by atoms with Crippen molar-refractivity contribution in [1.29, 1.82) is 0 Å². The van der Waals surface area contributed by atoms with Gasteiger partial charge in [0, 0.05) is 12.8 Å². The lowest BCUT2D eigenvalue weighted by Gasteiger charge is -2.03. The maximum absolute atomic E-state index is 9.30. The zero-order valence-electron chi connectivity index (χ0n) is 7.56. The summed E-state index contributed by atoms with van der Waals surface area (Å²) in [6, 6.07) is 0. The molecule has 64 valence electrons. The largest absolute Gasteiger partial charge is 0.392 e. The number of hydrogen-bond donors (Lipinski definition) is 1. The van der Waals surface area contributed by atoms with Crippen molar-refractivity contribution in [3.05, 3.63) is 0 Å². The number of rotatable bonds is 4. The third kappa shape index (κ3) is 7.42. The molecule has 0 aliphatic rings. The van der Waals surface area contributed by atoms with Gasteiger partial charge in [-0.15, -0.1) is 11.8 Å². The van der Waals surface area contributed by atoms with Crippen molar-refractivity contribution < 1.29 is 5.11 Å². The van der Waals surface area contributed by atoms with Gasteiger partial charge in [-0.25, -0.2) is 0 Å². The van der Waals surface area contributed by atoms with Crippen LogP contribution in [0.1, 0.15) is 46.0 Å². The second kappa shape index (κ2) is 7.63. The smallest absolute Gasteiger partial charge is 0.0649 e. The van der Waals surface area contributed by atoms with Gasteiger partial charge >= 0.3 is 0 Å². The van der Waals surface area contributed by atoms with E-state index >= 15 is 0 Å². The van der Waals surface area contributed by atoms with Gasteiger partial charge in [-0.1, -0.05) is 26.7 Å². The lowest BCUT2D eigenvalue weighted by atomic mass is 10.1. The molecule has 11 heavy (non-hydrogen) atoms. The molecule has 0 aliphatic carbocycles. The van der Waals surface area contributed by atoms with Crippen molar-refractivity contribution in [2.24, 2.45) is 0 Å². The van der Waals surface area contributed by atoms with E-state index in [1.807, 2.05) is 6.92 Å². The Morgan fingerprint density at radius 2 is 2.00 bits per heavy atom. The van der Waals surface area contributed by atoms with E-state index in [1.54, 1.807) is 0 Å². The van der Waals surface area contributed by atoms with E-state index in [0.29, 0.717) is 6.42 Å². The van der Waals surface area contributed by atoms with E-state index in [2.05, 4.69) is 18.8 Å². The molecule has 0 saturated heterocycles. The molecule has 1 nitrogen and oxygen atoms in total. The molecule has 0 spiro atoms. The molecule has 0 bridgehead atoms. The molecule has 0 rings (SSSR count). The lowest BCUT2D eigenvalue weighted by Crippen LogP contribution is -2.03. The van der Waals surface area contributed by atoms with Gasteiger partial charge in [-0.05, 0) is 6.42 Å². The van der Waals surface area contributed by atoms with Crippen LogP contribution in [0.2, 0.25) is 0 Å². The second-order valence-corrected chi connectivity index (χ2v) is 2.71. The molecular weight excluding hydrogens is 136 g/mol. The zero-order valence-corrected chi connectivity index (χ0v) is 7.56. The fourth-order valence-electron chi connectivity index (χ4n) is 0.857. The Balaban J connectivity index is 3.28. The van der Waals surface area contributed by atoms with E-state index in [1.165, 1.54) is 0 Å². The molecule has 1 N–H and O–H groups in total. The van der Waals surface area contributed by atoms with Gasteiger partial charge in [0.25, 0.3) is 0 Å². The number of unbranched alkanes of at least 4 members (excludes halogenated alkanes) is 1. The van der Waals surface area contributed by atoms with Crippen LogP contribution in [0.5, 0.6) is 0 Å². The van der Waals surface area contributed by atoms with Crippen molar-refractivity contribution in [3.8, 4) is 11.8 Å². The highest BCUT2D eigenvalue weighted by molar-refractivity contribution is 4.99. The van der Waals surface area contributed by atoms with Gasteiger partial charge < -0.3 is 5.11 Å².